The quantitative estimate of drug-likeness (QED) is 0.824. The van der Waals surface area contributed by atoms with E-state index in [1.165, 1.54) is 61.4 Å². The third kappa shape index (κ3) is 4.25. The molecule has 0 radical (unpaired) electrons. The molecule has 1 atom stereocenters. The number of hydrogen-bond donors (Lipinski definition) is 2. The van der Waals surface area contributed by atoms with Crippen molar-refractivity contribution in [1.82, 2.24) is 15.1 Å². The summed E-state index contributed by atoms with van der Waals surface area (Å²) in [6, 6.07) is 8.97. The van der Waals surface area contributed by atoms with Gasteiger partial charge in [0, 0.05) is 43.5 Å². The zero-order chi connectivity index (χ0) is 18.4. The summed E-state index contributed by atoms with van der Waals surface area (Å²) in [6.45, 7) is 7.72. The highest BCUT2D eigenvalue weighted by Gasteiger charge is 2.27. The van der Waals surface area contributed by atoms with Crippen molar-refractivity contribution in [3.8, 4) is 0 Å². The van der Waals surface area contributed by atoms with Gasteiger partial charge in [0.05, 0.1) is 6.20 Å². The Morgan fingerprint density at radius 1 is 1.27 bits per heavy atom. The topological polar surface area (TPSA) is 72.5 Å². The van der Waals surface area contributed by atoms with Gasteiger partial charge in [-0.2, -0.15) is 5.10 Å². The van der Waals surface area contributed by atoms with Gasteiger partial charge >= 0.3 is 0 Å². The number of aromatic nitrogens is 2. The number of likely N-dealkylation sites (tertiary alicyclic amines) is 1. The number of carboxylic acid groups (broad SMARTS) is 1. The predicted molar refractivity (Wildman–Crippen MR) is 103 cm³/mol. The van der Waals surface area contributed by atoms with Crippen LogP contribution in [-0.4, -0.2) is 52.9 Å². The lowest BCUT2D eigenvalue weighted by Gasteiger charge is -2.24. The first-order valence-corrected chi connectivity index (χ1v) is 9.36. The number of aryl methyl sites for hydroxylation is 1. The molecule has 140 valence electrons. The van der Waals surface area contributed by atoms with Crippen LogP contribution >= 0.6 is 0 Å². The molecule has 1 unspecified atom stereocenters. The van der Waals surface area contributed by atoms with Crippen molar-refractivity contribution in [2.75, 3.05) is 31.1 Å². The molecule has 0 bridgehead atoms. The number of anilines is 1. The summed E-state index contributed by atoms with van der Waals surface area (Å²) < 4.78 is 0. The minimum atomic E-state index is -0.250. The summed E-state index contributed by atoms with van der Waals surface area (Å²) in [5.74, 6) is 0.608. The van der Waals surface area contributed by atoms with Crippen LogP contribution in [0, 0.1) is 6.92 Å². The number of rotatable bonds is 4. The van der Waals surface area contributed by atoms with Crippen LogP contribution in [-0.2, 0) is 11.3 Å². The standard InChI is InChI=1S/C19H26N4.CH2O2/c1-15-12-20-21-19(15)17-8-11-22(14-17)13-16-6-2-3-7-18(16)23-9-4-5-10-23;2-1-3/h2-3,6-7,12,17H,4-5,8-11,13-14H2,1H3,(H,20,21);1H,(H,2,3). The first-order chi connectivity index (χ1) is 12.7. The van der Waals surface area contributed by atoms with Crippen LogP contribution in [0.15, 0.2) is 30.5 Å². The smallest absolute Gasteiger partial charge is 0.290 e. The van der Waals surface area contributed by atoms with Gasteiger partial charge in [-0.3, -0.25) is 14.8 Å². The van der Waals surface area contributed by atoms with Crippen LogP contribution < -0.4 is 4.90 Å². The van der Waals surface area contributed by atoms with Crippen LogP contribution in [0.5, 0.6) is 0 Å². The molecular weight excluding hydrogens is 328 g/mol. The molecule has 26 heavy (non-hydrogen) atoms. The maximum atomic E-state index is 8.36. The number of nitrogens with zero attached hydrogens (tertiary/aromatic N) is 3. The predicted octanol–water partition coefficient (Wildman–Crippen LogP) is 3.01. The first kappa shape index (κ1) is 18.5. The molecule has 3 heterocycles. The largest absolute Gasteiger partial charge is 0.483 e. The number of carbonyl (C=O) groups is 1. The van der Waals surface area contributed by atoms with Crippen molar-refractivity contribution in [2.45, 2.75) is 38.6 Å². The van der Waals surface area contributed by atoms with Crippen LogP contribution in [0.1, 0.15) is 42.0 Å². The van der Waals surface area contributed by atoms with Gasteiger partial charge in [-0.05, 0) is 49.9 Å². The summed E-state index contributed by atoms with van der Waals surface area (Å²) in [5.41, 5.74) is 5.57. The second kappa shape index (κ2) is 8.85. The fourth-order valence-electron chi connectivity index (χ4n) is 4.13. The second-order valence-electron chi connectivity index (χ2n) is 7.12. The summed E-state index contributed by atoms with van der Waals surface area (Å²) in [6.07, 6.45) is 5.84. The van der Waals surface area contributed by atoms with Gasteiger partial charge in [-0.15, -0.1) is 0 Å². The van der Waals surface area contributed by atoms with Crippen molar-refractivity contribution in [1.29, 1.82) is 0 Å². The molecule has 2 aliphatic heterocycles. The molecule has 0 saturated carbocycles. The SMILES string of the molecule is Cc1cn[nH]c1C1CCN(Cc2ccccc2N2CCCC2)C1.O=CO. The minimum Gasteiger partial charge on any atom is -0.483 e. The molecule has 4 rings (SSSR count). The molecule has 1 aromatic heterocycles. The minimum absolute atomic E-state index is 0.250. The van der Waals surface area contributed by atoms with E-state index in [4.69, 9.17) is 9.90 Å². The monoisotopic (exact) mass is 356 g/mol. The fourth-order valence-corrected chi connectivity index (χ4v) is 4.13. The Hall–Kier alpha value is -2.34. The zero-order valence-corrected chi connectivity index (χ0v) is 15.4. The lowest BCUT2D eigenvalue weighted by molar-refractivity contribution is -0.122. The lowest BCUT2D eigenvalue weighted by atomic mass is 10.0. The van der Waals surface area contributed by atoms with Gasteiger partial charge in [0.2, 0.25) is 0 Å². The molecule has 2 aliphatic rings. The van der Waals surface area contributed by atoms with Crippen molar-refractivity contribution >= 4 is 12.2 Å². The van der Waals surface area contributed by atoms with Crippen molar-refractivity contribution in [3.63, 3.8) is 0 Å². The number of nitrogens with one attached hydrogen (secondary N) is 1. The summed E-state index contributed by atoms with van der Waals surface area (Å²) in [4.78, 5) is 13.5. The van der Waals surface area contributed by atoms with E-state index in [2.05, 4.69) is 51.2 Å². The second-order valence-corrected chi connectivity index (χ2v) is 7.12. The Kier molecular flexibility index (Phi) is 6.28. The van der Waals surface area contributed by atoms with Crippen LogP contribution in [0.3, 0.4) is 0 Å². The molecule has 0 aliphatic carbocycles. The van der Waals surface area contributed by atoms with E-state index in [9.17, 15) is 0 Å². The van der Waals surface area contributed by atoms with Gasteiger partial charge in [0.25, 0.3) is 6.47 Å². The van der Waals surface area contributed by atoms with Gasteiger partial charge in [-0.25, -0.2) is 0 Å². The van der Waals surface area contributed by atoms with Crippen molar-refractivity contribution < 1.29 is 9.90 Å². The van der Waals surface area contributed by atoms with Crippen molar-refractivity contribution in [3.05, 3.63) is 47.3 Å². The zero-order valence-electron chi connectivity index (χ0n) is 15.4. The van der Waals surface area contributed by atoms with Gasteiger partial charge in [0.15, 0.2) is 0 Å². The fraction of sp³-hybridized carbons (Fsp3) is 0.500. The lowest BCUT2D eigenvalue weighted by Crippen LogP contribution is -2.24. The number of benzene rings is 1. The molecule has 1 aromatic carbocycles. The third-order valence-electron chi connectivity index (χ3n) is 5.38. The summed E-state index contributed by atoms with van der Waals surface area (Å²) >= 11 is 0. The summed E-state index contributed by atoms with van der Waals surface area (Å²) in [7, 11) is 0. The molecule has 2 N–H and O–H groups in total. The van der Waals surface area contributed by atoms with Crippen LogP contribution in [0.2, 0.25) is 0 Å². The van der Waals surface area contributed by atoms with E-state index in [0.29, 0.717) is 5.92 Å². The normalized spacial score (nSPS) is 20.0. The Morgan fingerprint density at radius 2 is 2.00 bits per heavy atom. The summed E-state index contributed by atoms with van der Waals surface area (Å²) in [5, 5.41) is 14.3. The van der Waals surface area contributed by atoms with E-state index < -0.39 is 0 Å². The average molecular weight is 356 g/mol. The molecule has 2 fully saturated rings. The number of H-pyrrole nitrogens is 1. The molecule has 0 amide bonds. The van der Waals surface area contributed by atoms with Gasteiger partial charge < -0.3 is 10.0 Å². The maximum absolute atomic E-state index is 8.36. The highest BCUT2D eigenvalue weighted by molar-refractivity contribution is 5.54. The highest BCUT2D eigenvalue weighted by atomic mass is 16.3. The van der Waals surface area contributed by atoms with Crippen molar-refractivity contribution in [2.24, 2.45) is 0 Å². The highest BCUT2D eigenvalue weighted by Crippen LogP contribution is 2.31. The average Bonchev–Trinajstić information content (AvgIpc) is 3.38. The first-order valence-electron chi connectivity index (χ1n) is 9.36. The molecule has 2 aromatic rings. The van der Waals surface area contributed by atoms with Crippen LogP contribution in [0.25, 0.3) is 0 Å². The molecule has 6 heteroatoms. The molecular formula is C20H28N4O2. The van der Waals surface area contributed by atoms with E-state index in [0.717, 1.165) is 13.1 Å². The van der Waals surface area contributed by atoms with E-state index in [1.807, 2.05) is 6.20 Å². The van der Waals surface area contributed by atoms with Gasteiger partial charge in [0.1, 0.15) is 0 Å². The number of aromatic amines is 1. The molecule has 0 spiro atoms. The number of hydrogen-bond acceptors (Lipinski definition) is 4. The Morgan fingerprint density at radius 3 is 2.69 bits per heavy atom. The molecule has 6 nitrogen and oxygen atoms in total. The Bertz CT molecular complexity index is 709. The van der Waals surface area contributed by atoms with E-state index in [-0.39, 0.29) is 6.47 Å². The molecule has 2 saturated heterocycles. The Labute approximate surface area is 154 Å². The number of para-hydroxylation sites is 1. The van der Waals surface area contributed by atoms with Crippen LogP contribution in [0.4, 0.5) is 5.69 Å². The van der Waals surface area contributed by atoms with Gasteiger partial charge in [-0.1, -0.05) is 18.2 Å². The van der Waals surface area contributed by atoms with E-state index in [1.54, 1.807) is 0 Å². The maximum Gasteiger partial charge on any atom is 0.290 e. The van der Waals surface area contributed by atoms with E-state index >= 15 is 0 Å². The third-order valence-corrected chi connectivity index (χ3v) is 5.38. The Balaban J connectivity index is 0.000000613.